The number of carbonyl (C=O) groups excluding carboxylic acids is 1. The summed E-state index contributed by atoms with van der Waals surface area (Å²) in [5, 5.41) is 0. The number of ether oxygens (including phenoxy) is 4. The standard InChI is InChI=1S/C14H16O5/c1-14(2)18-12-9(7-8-16-3)5-6-10(17-4)11(12)13(15)19-14/h5-8H,1-4H3/b8-7+. The molecule has 1 aliphatic heterocycles. The maximum Gasteiger partial charge on any atom is 0.349 e. The van der Waals surface area contributed by atoms with E-state index in [1.807, 2.05) is 0 Å². The average Bonchev–Trinajstić information content (AvgIpc) is 2.34. The molecule has 2 rings (SSSR count). The molecule has 1 aliphatic rings. The summed E-state index contributed by atoms with van der Waals surface area (Å²) >= 11 is 0. The van der Waals surface area contributed by atoms with Crippen LogP contribution in [0.4, 0.5) is 0 Å². The molecule has 1 aromatic rings. The van der Waals surface area contributed by atoms with Gasteiger partial charge in [0.25, 0.3) is 0 Å². The van der Waals surface area contributed by atoms with Crippen LogP contribution in [-0.2, 0) is 9.47 Å². The van der Waals surface area contributed by atoms with Gasteiger partial charge in [0.2, 0.25) is 5.79 Å². The minimum atomic E-state index is -1.01. The van der Waals surface area contributed by atoms with Crippen LogP contribution in [0.25, 0.3) is 6.08 Å². The molecule has 0 unspecified atom stereocenters. The molecule has 19 heavy (non-hydrogen) atoms. The van der Waals surface area contributed by atoms with Crippen LogP contribution in [0.5, 0.6) is 11.5 Å². The van der Waals surface area contributed by atoms with Crippen LogP contribution >= 0.6 is 0 Å². The topological polar surface area (TPSA) is 54.0 Å². The summed E-state index contributed by atoms with van der Waals surface area (Å²) in [6.07, 6.45) is 3.23. The highest BCUT2D eigenvalue weighted by Crippen LogP contribution is 2.40. The zero-order chi connectivity index (χ0) is 14.0. The van der Waals surface area contributed by atoms with Crippen molar-refractivity contribution in [2.24, 2.45) is 0 Å². The van der Waals surface area contributed by atoms with E-state index in [9.17, 15) is 4.79 Å². The van der Waals surface area contributed by atoms with Gasteiger partial charge in [0.05, 0.1) is 20.5 Å². The Labute approximate surface area is 111 Å². The summed E-state index contributed by atoms with van der Waals surface area (Å²) in [6, 6.07) is 3.49. The normalized spacial score (nSPS) is 16.5. The van der Waals surface area contributed by atoms with Gasteiger partial charge in [-0.15, -0.1) is 0 Å². The van der Waals surface area contributed by atoms with Gasteiger partial charge in [0.15, 0.2) is 0 Å². The summed E-state index contributed by atoms with van der Waals surface area (Å²) in [4.78, 5) is 12.1. The van der Waals surface area contributed by atoms with Crippen molar-refractivity contribution < 1.29 is 23.7 Å². The van der Waals surface area contributed by atoms with Gasteiger partial charge >= 0.3 is 5.97 Å². The van der Waals surface area contributed by atoms with Crippen LogP contribution in [-0.4, -0.2) is 26.0 Å². The number of cyclic esters (lactones) is 1. The summed E-state index contributed by atoms with van der Waals surface area (Å²) in [5.41, 5.74) is 1.02. The average molecular weight is 264 g/mol. The van der Waals surface area contributed by atoms with Crippen molar-refractivity contribution in [3.05, 3.63) is 29.5 Å². The van der Waals surface area contributed by atoms with Gasteiger partial charge in [-0.3, -0.25) is 0 Å². The molecule has 0 atom stereocenters. The second kappa shape index (κ2) is 4.84. The number of carbonyl (C=O) groups is 1. The lowest BCUT2D eigenvalue weighted by molar-refractivity contribution is -0.127. The maximum atomic E-state index is 12.1. The van der Waals surface area contributed by atoms with Crippen molar-refractivity contribution in [1.29, 1.82) is 0 Å². The van der Waals surface area contributed by atoms with Crippen LogP contribution in [0.1, 0.15) is 29.8 Å². The Morgan fingerprint density at radius 3 is 2.58 bits per heavy atom. The Morgan fingerprint density at radius 1 is 1.21 bits per heavy atom. The zero-order valence-corrected chi connectivity index (χ0v) is 11.4. The first-order chi connectivity index (χ1) is 8.98. The summed E-state index contributed by atoms with van der Waals surface area (Å²) in [7, 11) is 3.04. The summed E-state index contributed by atoms with van der Waals surface area (Å²) in [5.74, 6) is -0.610. The number of esters is 1. The number of hydrogen-bond acceptors (Lipinski definition) is 5. The molecule has 0 amide bonds. The highest BCUT2D eigenvalue weighted by Gasteiger charge is 2.37. The van der Waals surface area contributed by atoms with E-state index in [1.165, 1.54) is 13.4 Å². The van der Waals surface area contributed by atoms with E-state index in [0.29, 0.717) is 17.1 Å². The highest BCUT2D eigenvalue weighted by atomic mass is 16.7. The first kappa shape index (κ1) is 13.3. The largest absolute Gasteiger partial charge is 0.504 e. The fourth-order valence-corrected chi connectivity index (χ4v) is 1.87. The third-order valence-corrected chi connectivity index (χ3v) is 2.64. The maximum absolute atomic E-state index is 12.1. The molecule has 5 nitrogen and oxygen atoms in total. The molecule has 102 valence electrons. The number of rotatable bonds is 3. The van der Waals surface area contributed by atoms with Crippen LogP contribution in [0.2, 0.25) is 0 Å². The smallest absolute Gasteiger partial charge is 0.349 e. The minimum absolute atomic E-state index is 0.292. The Hall–Kier alpha value is -2.17. The Morgan fingerprint density at radius 2 is 1.95 bits per heavy atom. The minimum Gasteiger partial charge on any atom is -0.504 e. The number of fused-ring (bicyclic) bond motifs is 1. The molecule has 0 N–H and O–H groups in total. The van der Waals surface area contributed by atoms with E-state index in [4.69, 9.17) is 18.9 Å². The fraction of sp³-hybridized carbons (Fsp3) is 0.357. The van der Waals surface area contributed by atoms with E-state index >= 15 is 0 Å². The van der Waals surface area contributed by atoms with Crippen molar-refractivity contribution in [2.45, 2.75) is 19.6 Å². The molecular formula is C14H16O5. The van der Waals surface area contributed by atoms with Crippen LogP contribution in [0.3, 0.4) is 0 Å². The van der Waals surface area contributed by atoms with E-state index in [-0.39, 0.29) is 0 Å². The molecule has 0 saturated heterocycles. The van der Waals surface area contributed by atoms with Gasteiger partial charge in [-0.2, -0.15) is 0 Å². The molecule has 1 heterocycles. The van der Waals surface area contributed by atoms with Crippen molar-refractivity contribution in [3.63, 3.8) is 0 Å². The lowest BCUT2D eigenvalue weighted by Gasteiger charge is -2.33. The molecule has 0 saturated carbocycles. The molecule has 0 radical (unpaired) electrons. The zero-order valence-electron chi connectivity index (χ0n) is 11.4. The van der Waals surface area contributed by atoms with Gasteiger partial charge in [-0.25, -0.2) is 4.79 Å². The van der Waals surface area contributed by atoms with E-state index in [0.717, 1.165) is 5.56 Å². The van der Waals surface area contributed by atoms with Crippen molar-refractivity contribution in [1.82, 2.24) is 0 Å². The lowest BCUT2D eigenvalue weighted by Crippen LogP contribution is -2.39. The second-order valence-electron chi connectivity index (χ2n) is 4.49. The number of benzene rings is 1. The second-order valence-corrected chi connectivity index (χ2v) is 4.49. The number of hydrogen-bond donors (Lipinski definition) is 0. The third kappa shape index (κ3) is 2.50. The van der Waals surface area contributed by atoms with Gasteiger partial charge in [0.1, 0.15) is 17.1 Å². The van der Waals surface area contributed by atoms with Crippen LogP contribution in [0.15, 0.2) is 18.4 Å². The first-order valence-electron chi connectivity index (χ1n) is 5.81. The molecule has 5 heteroatoms. The van der Waals surface area contributed by atoms with Crippen LogP contribution in [0, 0.1) is 0 Å². The highest BCUT2D eigenvalue weighted by molar-refractivity contribution is 5.98. The molecule has 1 aromatic carbocycles. The quantitative estimate of drug-likeness (QED) is 0.620. The van der Waals surface area contributed by atoms with E-state index in [1.54, 1.807) is 39.2 Å². The van der Waals surface area contributed by atoms with E-state index < -0.39 is 11.8 Å². The first-order valence-corrected chi connectivity index (χ1v) is 5.81. The summed E-state index contributed by atoms with van der Waals surface area (Å²) in [6.45, 7) is 3.36. The molecular weight excluding hydrogens is 248 g/mol. The van der Waals surface area contributed by atoms with Gasteiger partial charge in [-0.05, 0) is 18.2 Å². The molecule has 0 aliphatic carbocycles. The molecule has 0 bridgehead atoms. The Kier molecular flexibility index (Phi) is 3.38. The SMILES string of the molecule is CO/C=C/c1ccc(OC)c2c1OC(C)(C)OC2=O. The van der Waals surface area contributed by atoms with Crippen molar-refractivity contribution >= 4 is 12.0 Å². The predicted octanol–water partition coefficient (Wildman–Crippen LogP) is 2.60. The van der Waals surface area contributed by atoms with E-state index in [2.05, 4.69) is 0 Å². The molecule has 0 spiro atoms. The van der Waals surface area contributed by atoms with Gasteiger partial charge in [0, 0.05) is 19.4 Å². The van der Waals surface area contributed by atoms with Crippen molar-refractivity contribution in [3.8, 4) is 11.5 Å². The van der Waals surface area contributed by atoms with Crippen molar-refractivity contribution in [2.75, 3.05) is 14.2 Å². The van der Waals surface area contributed by atoms with Gasteiger partial charge in [-0.1, -0.05) is 0 Å². The fourth-order valence-electron chi connectivity index (χ4n) is 1.87. The molecule has 0 fully saturated rings. The monoisotopic (exact) mass is 264 g/mol. The molecule has 0 aromatic heterocycles. The Bertz CT molecular complexity index is 531. The number of methoxy groups -OCH3 is 2. The Balaban J connectivity index is 2.60. The van der Waals surface area contributed by atoms with Crippen LogP contribution < -0.4 is 9.47 Å². The third-order valence-electron chi connectivity index (χ3n) is 2.64. The predicted molar refractivity (Wildman–Crippen MR) is 69.2 cm³/mol. The van der Waals surface area contributed by atoms with Gasteiger partial charge < -0.3 is 18.9 Å². The lowest BCUT2D eigenvalue weighted by atomic mass is 10.1. The summed E-state index contributed by atoms with van der Waals surface area (Å²) < 4.78 is 21.0.